The molecular weight excluding hydrogens is 399 g/mol. The molecule has 0 saturated carbocycles. The highest BCUT2D eigenvalue weighted by Crippen LogP contribution is 2.26. The molecule has 0 bridgehead atoms. The fourth-order valence-electron chi connectivity index (χ4n) is 2.55. The van der Waals surface area contributed by atoms with Gasteiger partial charge in [-0.1, -0.05) is 0 Å². The third-order valence-corrected chi connectivity index (χ3v) is 5.76. The van der Waals surface area contributed by atoms with Crippen LogP contribution in [0.15, 0.2) is 53.4 Å². The first-order valence-electron chi connectivity index (χ1n) is 9.15. The van der Waals surface area contributed by atoms with Gasteiger partial charge in [-0.3, -0.25) is 9.10 Å². The number of carbonyl (C=O) groups is 1. The minimum absolute atomic E-state index is 0.111. The molecule has 0 fully saturated rings. The Hall–Kier alpha value is -2.65. The topological polar surface area (TPSA) is 84.9 Å². The summed E-state index contributed by atoms with van der Waals surface area (Å²) in [7, 11) is -2.53. The summed E-state index contributed by atoms with van der Waals surface area (Å²) in [5.41, 5.74) is 0.296. The second-order valence-corrected chi connectivity index (χ2v) is 7.95. The predicted octanol–water partition coefficient (Wildman–Crippen LogP) is 2.57. The second-order valence-electron chi connectivity index (χ2n) is 6.09. The number of hydrogen-bond acceptors (Lipinski definition) is 5. The maximum atomic E-state index is 13.2. The Morgan fingerprint density at radius 3 is 2.34 bits per heavy atom. The zero-order valence-corrected chi connectivity index (χ0v) is 17.2. The second kappa shape index (κ2) is 10.8. The molecule has 0 spiro atoms. The molecule has 0 aliphatic heterocycles. The zero-order valence-electron chi connectivity index (χ0n) is 16.4. The van der Waals surface area contributed by atoms with Crippen LogP contribution in [0.2, 0.25) is 0 Å². The molecule has 0 unspecified atom stereocenters. The van der Waals surface area contributed by atoms with Crippen LogP contribution in [0.5, 0.6) is 5.75 Å². The van der Waals surface area contributed by atoms with Gasteiger partial charge in [0.15, 0.2) is 0 Å². The molecule has 0 radical (unpaired) electrons. The Morgan fingerprint density at radius 2 is 1.76 bits per heavy atom. The maximum Gasteiger partial charge on any atom is 0.264 e. The lowest BCUT2D eigenvalue weighted by Crippen LogP contribution is -2.41. The molecule has 158 valence electrons. The average molecular weight is 424 g/mol. The first-order valence-corrected chi connectivity index (χ1v) is 10.6. The fourth-order valence-corrected chi connectivity index (χ4v) is 3.98. The molecule has 0 aromatic heterocycles. The number of carbonyl (C=O) groups excluding carboxylic acids is 1. The summed E-state index contributed by atoms with van der Waals surface area (Å²) in [5.74, 6) is -0.424. The van der Waals surface area contributed by atoms with Gasteiger partial charge in [-0.15, -0.1) is 0 Å². The first-order chi connectivity index (χ1) is 13.9. The SMILES string of the molecule is CCOc1ccc(N(CC(=O)NCCCOC)S(=O)(=O)c2ccc(F)cc2)cc1. The van der Waals surface area contributed by atoms with Crippen LogP contribution >= 0.6 is 0 Å². The van der Waals surface area contributed by atoms with Crippen molar-refractivity contribution in [3.63, 3.8) is 0 Å². The van der Waals surface area contributed by atoms with Crippen molar-refractivity contribution in [2.24, 2.45) is 0 Å². The lowest BCUT2D eigenvalue weighted by Gasteiger charge is -2.24. The number of nitrogens with zero attached hydrogens (tertiary/aromatic N) is 1. The highest BCUT2D eigenvalue weighted by molar-refractivity contribution is 7.92. The monoisotopic (exact) mass is 424 g/mol. The summed E-state index contributed by atoms with van der Waals surface area (Å²) in [5, 5.41) is 2.67. The summed E-state index contributed by atoms with van der Waals surface area (Å²) in [6.07, 6.45) is 0.607. The molecule has 0 aliphatic rings. The van der Waals surface area contributed by atoms with Gasteiger partial charge in [0.2, 0.25) is 5.91 Å². The number of amides is 1. The van der Waals surface area contributed by atoms with Gasteiger partial charge in [0.05, 0.1) is 17.2 Å². The molecule has 0 atom stereocenters. The van der Waals surface area contributed by atoms with Gasteiger partial charge in [-0.2, -0.15) is 0 Å². The number of ether oxygens (including phenoxy) is 2. The smallest absolute Gasteiger partial charge is 0.264 e. The highest BCUT2D eigenvalue weighted by atomic mass is 32.2. The summed E-state index contributed by atoms with van der Waals surface area (Å²) >= 11 is 0. The molecule has 1 amide bonds. The highest BCUT2D eigenvalue weighted by Gasteiger charge is 2.27. The molecule has 0 aliphatic carbocycles. The van der Waals surface area contributed by atoms with Gasteiger partial charge < -0.3 is 14.8 Å². The van der Waals surface area contributed by atoms with Gasteiger partial charge in [0.1, 0.15) is 18.1 Å². The lowest BCUT2D eigenvalue weighted by molar-refractivity contribution is -0.119. The van der Waals surface area contributed by atoms with E-state index in [9.17, 15) is 17.6 Å². The van der Waals surface area contributed by atoms with E-state index in [0.29, 0.717) is 37.6 Å². The van der Waals surface area contributed by atoms with Crippen LogP contribution in [0.25, 0.3) is 0 Å². The molecule has 0 saturated heterocycles. The molecule has 29 heavy (non-hydrogen) atoms. The Kier molecular flexibility index (Phi) is 8.41. The van der Waals surface area contributed by atoms with E-state index in [2.05, 4.69) is 5.32 Å². The van der Waals surface area contributed by atoms with E-state index in [4.69, 9.17) is 9.47 Å². The standard InChI is InChI=1S/C20H25FN2O5S/c1-3-28-18-9-7-17(8-10-18)23(15-20(24)22-13-4-14-27-2)29(25,26)19-11-5-16(21)6-12-19/h5-12H,3-4,13-15H2,1-2H3,(H,22,24). The first kappa shape index (κ1) is 22.6. The molecular formula is C20H25FN2O5S. The molecule has 7 nitrogen and oxygen atoms in total. The Balaban J connectivity index is 2.29. The number of sulfonamides is 1. The van der Waals surface area contributed by atoms with E-state index in [0.717, 1.165) is 16.4 Å². The van der Waals surface area contributed by atoms with Crippen molar-refractivity contribution in [1.82, 2.24) is 5.32 Å². The summed E-state index contributed by atoms with van der Waals surface area (Å²) in [4.78, 5) is 12.2. The van der Waals surface area contributed by atoms with E-state index >= 15 is 0 Å². The van der Waals surface area contributed by atoms with Gasteiger partial charge in [-0.25, -0.2) is 12.8 Å². The minimum atomic E-state index is -4.09. The fraction of sp³-hybridized carbons (Fsp3) is 0.350. The average Bonchev–Trinajstić information content (AvgIpc) is 2.71. The van der Waals surface area contributed by atoms with E-state index in [-0.39, 0.29) is 4.90 Å². The van der Waals surface area contributed by atoms with E-state index in [1.165, 1.54) is 12.1 Å². The van der Waals surface area contributed by atoms with Gasteiger partial charge in [0, 0.05) is 20.3 Å². The maximum absolute atomic E-state index is 13.2. The third kappa shape index (κ3) is 6.43. The predicted molar refractivity (Wildman–Crippen MR) is 108 cm³/mol. The van der Waals surface area contributed by atoms with Crippen LogP contribution in [0.4, 0.5) is 10.1 Å². The summed E-state index contributed by atoms with van der Waals surface area (Å²) in [6, 6.07) is 10.8. The molecule has 2 aromatic rings. The summed E-state index contributed by atoms with van der Waals surface area (Å²) < 4.78 is 50.8. The molecule has 2 aromatic carbocycles. The quantitative estimate of drug-likeness (QED) is 0.561. The van der Waals surface area contributed by atoms with Crippen LogP contribution in [-0.2, 0) is 19.6 Å². The van der Waals surface area contributed by atoms with Crippen molar-refractivity contribution < 1.29 is 27.1 Å². The van der Waals surface area contributed by atoms with Crippen molar-refractivity contribution in [2.75, 3.05) is 37.7 Å². The number of nitrogens with one attached hydrogen (secondary N) is 1. The Labute approximate surface area is 170 Å². The van der Waals surface area contributed by atoms with Crippen LogP contribution in [0.1, 0.15) is 13.3 Å². The van der Waals surface area contributed by atoms with E-state index < -0.39 is 28.3 Å². The number of rotatable bonds is 11. The van der Waals surface area contributed by atoms with E-state index in [1.54, 1.807) is 31.4 Å². The van der Waals surface area contributed by atoms with Gasteiger partial charge >= 0.3 is 0 Å². The largest absolute Gasteiger partial charge is 0.494 e. The van der Waals surface area contributed by atoms with Gasteiger partial charge in [-0.05, 0) is 61.9 Å². The van der Waals surface area contributed by atoms with Crippen LogP contribution < -0.4 is 14.4 Å². The van der Waals surface area contributed by atoms with E-state index in [1.807, 2.05) is 6.92 Å². The van der Waals surface area contributed by atoms with Gasteiger partial charge in [0.25, 0.3) is 10.0 Å². The number of hydrogen-bond donors (Lipinski definition) is 1. The zero-order chi connectivity index (χ0) is 21.3. The van der Waals surface area contributed by atoms with Crippen molar-refractivity contribution in [1.29, 1.82) is 0 Å². The van der Waals surface area contributed by atoms with Crippen molar-refractivity contribution in [3.05, 3.63) is 54.3 Å². The minimum Gasteiger partial charge on any atom is -0.494 e. The van der Waals surface area contributed by atoms with Crippen LogP contribution in [0, 0.1) is 5.82 Å². The molecule has 0 heterocycles. The van der Waals surface area contributed by atoms with Crippen molar-refractivity contribution in [3.8, 4) is 5.75 Å². The number of methoxy groups -OCH3 is 1. The number of benzene rings is 2. The van der Waals surface area contributed by atoms with Crippen molar-refractivity contribution >= 4 is 21.6 Å². The van der Waals surface area contributed by atoms with Crippen LogP contribution in [0.3, 0.4) is 0 Å². The summed E-state index contributed by atoms with van der Waals surface area (Å²) in [6.45, 7) is 2.74. The Morgan fingerprint density at radius 1 is 1.10 bits per heavy atom. The molecule has 2 rings (SSSR count). The molecule has 9 heteroatoms. The normalized spacial score (nSPS) is 11.1. The molecule has 1 N–H and O–H groups in total. The third-order valence-electron chi connectivity index (χ3n) is 3.97. The lowest BCUT2D eigenvalue weighted by atomic mass is 10.3. The van der Waals surface area contributed by atoms with Crippen molar-refractivity contribution in [2.45, 2.75) is 18.2 Å². The number of anilines is 1. The van der Waals surface area contributed by atoms with Crippen LogP contribution in [-0.4, -0.2) is 47.7 Å². The number of halogens is 1. The Bertz CT molecular complexity index is 886.